The van der Waals surface area contributed by atoms with Crippen LogP contribution in [-0.4, -0.2) is 23.3 Å². The predicted molar refractivity (Wildman–Crippen MR) is 67.8 cm³/mol. The van der Waals surface area contributed by atoms with E-state index in [-0.39, 0.29) is 11.6 Å². The van der Waals surface area contributed by atoms with Gasteiger partial charge in [-0.2, -0.15) is 5.26 Å². The fourth-order valence-corrected chi connectivity index (χ4v) is 2.59. The van der Waals surface area contributed by atoms with E-state index in [2.05, 4.69) is 24.8 Å². The van der Waals surface area contributed by atoms with E-state index in [9.17, 15) is 5.11 Å². The Labute approximate surface area is 102 Å². The summed E-state index contributed by atoms with van der Waals surface area (Å²) in [6.07, 6.45) is 1.35. The van der Waals surface area contributed by atoms with Crippen molar-refractivity contribution in [3.8, 4) is 6.07 Å². The Hall–Kier alpha value is -1.53. The van der Waals surface area contributed by atoms with Gasteiger partial charge in [-0.05, 0) is 44.9 Å². The molecule has 3 heteroatoms. The maximum atomic E-state index is 9.73. The van der Waals surface area contributed by atoms with Crippen LogP contribution < -0.4 is 4.90 Å². The van der Waals surface area contributed by atoms with E-state index in [4.69, 9.17) is 5.26 Å². The quantitative estimate of drug-likeness (QED) is 0.805. The van der Waals surface area contributed by atoms with Gasteiger partial charge in [-0.1, -0.05) is 6.07 Å². The number of rotatable bonds is 1. The lowest BCUT2D eigenvalue weighted by atomic mass is 9.88. The Bertz CT molecular complexity index is 448. The fraction of sp³-hybridized carbons (Fsp3) is 0.500. The molecule has 0 spiro atoms. The van der Waals surface area contributed by atoms with Crippen LogP contribution in [0, 0.1) is 11.3 Å². The minimum atomic E-state index is -0.208. The molecule has 1 heterocycles. The van der Waals surface area contributed by atoms with Gasteiger partial charge in [0, 0.05) is 17.8 Å². The molecule has 17 heavy (non-hydrogen) atoms. The first kappa shape index (κ1) is 11.9. The molecule has 1 aliphatic rings. The maximum absolute atomic E-state index is 9.73. The Kier molecular flexibility index (Phi) is 3.08. The molecule has 1 saturated heterocycles. The number of piperidine rings is 1. The standard InChI is InChI=1S/C14H18N2O/c1-14(2)9-13(17)6-7-16(14)12-5-3-4-11(8-12)10-15/h3-5,8,13,17H,6-7,9H2,1-2H3. The molecular formula is C14H18N2O. The summed E-state index contributed by atoms with van der Waals surface area (Å²) in [6.45, 7) is 5.10. The average Bonchev–Trinajstić information content (AvgIpc) is 2.27. The van der Waals surface area contributed by atoms with Crippen molar-refractivity contribution >= 4 is 5.69 Å². The third-order valence-corrected chi connectivity index (χ3v) is 3.44. The predicted octanol–water partition coefficient (Wildman–Crippen LogP) is 2.30. The molecule has 1 aromatic rings. The molecule has 0 amide bonds. The van der Waals surface area contributed by atoms with Crippen molar-refractivity contribution in [2.75, 3.05) is 11.4 Å². The summed E-state index contributed by atoms with van der Waals surface area (Å²) >= 11 is 0. The van der Waals surface area contributed by atoms with Gasteiger partial charge in [0.1, 0.15) is 0 Å². The lowest BCUT2D eigenvalue weighted by Gasteiger charge is -2.46. The van der Waals surface area contributed by atoms with Crippen molar-refractivity contribution in [2.45, 2.75) is 38.3 Å². The zero-order chi connectivity index (χ0) is 12.5. The molecule has 0 radical (unpaired) electrons. The molecule has 3 nitrogen and oxygen atoms in total. The van der Waals surface area contributed by atoms with Crippen molar-refractivity contribution in [1.29, 1.82) is 5.26 Å². The van der Waals surface area contributed by atoms with Crippen molar-refractivity contribution in [2.24, 2.45) is 0 Å². The van der Waals surface area contributed by atoms with Gasteiger partial charge in [0.15, 0.2) is 0 Å². The second-order valence-corrected chi connectivity index (χ2v) is 5.27. The van der Waals surface area contributed by atoms with Crippen LogP contribution in [0.2, 0.25) is 0 Å². The van der Waals surface area contributed by atoms with Gasteiger partial charge in [-0.15, -0.1) is 0 Å². The van der Waals surface area contributed by atoms with Gasteiger partial charge in [0.05, 0.1) is 17.7 Å². The average molecular weight is 230 g/mol. The summed E-state index contributed by atoms with van der Waals surface area (Å²) in [4.78, 5) is 2.28. The SMILES string of the molecule is CC1(C)CC(O)CCN1c1cccc(C#N)c1. The van der Waals surface area contributed by atoms with Crippen LogP contribution in [0.25, 0.3) is 0 Å². The number of anilines is 1. The van der Waals surface area contributed by atoms with E-state index in [0.717, 1.165) is 25.1 Å². The van der Waals surface area contributed by atoms with E-state index < -0.39 is 0 Å². The van der Waals surface area contributed by atoms with E-state index in [0.29, 0.717) is 5.56 Å². The zero-order valence-electron chi connectivity index (χ0n) is 10.3. The lowest BCUT2D eigenvalue weighted by Crippen LogP contribution is -2.51. The van der Waals surface area contributed by atoms with Crippen LogP contribution in [-0.2, 0) is 0 Å². The second-order valence-electron chi connectivity index (χ2n) is 5.27. The van der Waals surface area contributed by atoms with E-state index >= 15 is 0 Å². The zero-order valence-corrected chi connectivity index (χ0v) is 10.3. The molecule has 0 aromatic heterocycles. The molecule has 0 saturated carbocycles. The number of benzene rings is 1. The minimum Gasteiger partial charge on any atom is -0.393 e. The highest BCUT2D eigenvalue weighted by Crippen LogP contribution is 2.32. The van der Waals surface area contributed by atoms with Crippen LogP contribution in [0.5, 0.6) is 0 Å². The molecule has 2 rings (SSSR count). The van der Waals surface area contributed by atoms with E-state index in [1.807, 2.05) is 24.3 Å². The Morgan fingerprint density at radius 3 is 2.88 bits per heavy atom. The molecule has 1 atom stereocenters. The highest BCUT2D eigenvalue weighted by Gasteiger charge is 2.34. The molecule has 1 fully saturated rings. The van der Waals surface area contributed by atoms with Crippen molar-refractivity contribution < 1.29 is 5.11 Å². The Balaban J connectivity index is 2.30. The molecule has 1 aliphatic heterocycles. The first-order valence-electron chi connectivity index (χ1n) is 5.99. The number of nitriles is 1. The van der Waals surface area contributed by atoms with Crippen LogP contribution >= 0.6 is 0 Å². The Morgan fingerprint density at radius 2 is 2.24 bits per heavy atom. The number of aliphatic hydroxyl groups is 1. The van der Waals surface area contributed by atoms with Gasteiger partial charge < -0.3 is 10.0 Å². The molecule has 1 unspecified atom stereocenters. The number of nitrogens with zero attached hydrogens (tertiary/aromatic N) is 2. The monoisotopic (exact) mass is 230 g/mol. The highest BCUT2D eigenvalue weighted by atomic mass is 16.3. The summed E-state index contributed by atoms with van der Waals surface area (Å²) in [7, 11) is 0. The third kappa shape index (κ3) is 2.42. The molecule has 90 valence electrons. The number of hydrogen-bond acceptors (Lipinski definition) is 3. The third-order valence-electron chi connectivity index (χ3n) is 3.44. The van der Waals surface area contributed by atoms with Crippen LogP contribution in [0.3, 0.4) is 0 Å². The molecule has 1 N–H and O–H groups in total. The molecule has 1 aromatic carbocycles. The lowest BCUT2D eigenvalue weighted by molar-refractivity contribution is 0.107. The summed E-state index contributed by atoms with van der Waals surface area (Å²) in [5, 5.41) is 18.7. The highest BCUT2D eigenvalue weighted by molar-refractivity contribution is 5.53. The Morgan fingerprint density at radius 1 is 1.47 bits per heavy atom. The van der Waals surface area contributed by atoms with Gasteiger partial charge in [0.2, 0.25) is 0 Å². The van der Waals surface area contributed by atoms with Crippen LogP contribution in [0.4, 0.5) is 5.69 Å². The maximum Gasteiger partial charge on any atom is 0.0992 e. The summed E-state index contributed by atoms with van der Waals surface area (Å²) in [5.41, 5.74) is 1.69. The topological polar surface area (TPSA) is 47.3 Å². The molecule has 0 aliphatic carbocycles. The number of hydrogen-bond donors (Lipinski definition) is 1. The van der Waals surface area contributed by atoms with Crippen LogP contribution in [0.1, 0.15) is 32.3 Å². The largest absolute Gasteiger partial charge is 0.393 e. The molecular weight excluding hydrogens is 212 g/mol. The minimum absolute atomic E-state index is 0.0637. The second kappa shape index (κ2) is 4.38. The van der Waals surface area contributed by atoms with Gasteiger partial charge in [-0.3, -0.25) is 0 Å². The fourth-order valence-electron chi connectivity index (χ4n) is 2.59. The van der Waals surface area contributed by atoms with Crippen LogP contribution in [0.15, 0.2) is 24.3 Å². The van der Waals surface area contributed by atoms with Crippen molar-refractivity contribution in [3.63, 3.8) is 0 Å². The van der Waals surface area contributed by atoms with Gasteiger partial charge in [0.25, 0.3) is 0 Å². The first-order chi connectivity index (χ1) is 8.03. The van der Waals surface area contributed by atoms with Crippen molar-refractivity contribution in [3.05, 3.63) is 29.8 Å². The first-order valence-corrected chi connectivity index (χ1v) is 5.99. The number of aliphatic hydroxyl groups excluding tert-OH is 1. The van der Waals surface area contributed by atoms with Gasteiger partial charge >= 0.3 is 0 Å². The summed E-state index contributed by atoms with van der Waals surface area (Å²) < 4.78 is 0. The summed E-state index contributed by atoms with van der Waals surface area (Å²) in [6, 6.07) is 9.84. The normalized spacial score (nSPS) is 23.2. The van der Waals surface area contributed by atoms with Crippen molar-refractivity contribution in [1.82, 2.24) is 0 Å². The molecule has 0 bridgehead atoms. The van der Waals surface area contributed by atoms with E-state index in [1.54, 1.807) is 0 Å². The van der Waals surface area contributed by atoms with Gasteiger partial charge in [-0.25, -0.2) is 0 Å². The summed E-state index contributed by atoms with van der Waals surface area (Å²) in [5.74, 6) is 0. The smallest absolute Gasteiger partial charge is 0.0992 e. The van der Waals surface area contributed by atoms with E-state index in [1.165, 1.54) is 0 Å².